The number of rotatable bonds is 6. The van der Waals surface area contributed by atoms with E-state index >= 15 is 0 Å². The summed E-state index contributed by atoms with van der Waals surface area (Å²) in [6, 6.07) is 21.2. The summed E-state index contributed by atoms with van der Waals surface area (Å²) in [6.45, 7) is 1.04. The minimum Gasteiger partial charge on any atom is -0.496 e. The van der Waals surface area contributed by atoms with E-state index < -0.39 is 10.0 Å². The zero-order valence-electron chi connectivity index (χ0n) is 17.2. The standard InChI is InChI=1S/C24H24N2O4S/c1-30-23-14-5-3-12-21(23)20-11-2-4-13-22(20)25-24(27)18-9-8-10-19(17-18)31(28,29)26-15-6-7-16-26/h2-5,8-14,17H,6-7,15-16H2,1H3,(H,25,27). The fourth-order valence-electron chi connectivity index (χ4n) is 3.76. The molecule has 1 aliphatic heterocycles. The van der Waals surface area contributed by atoms with Crippen molar-refractivity contribution in [3.63, 3.8) is 0 Å². The molecule has 0 aromatic heterocycles. The van der Waals surface area contributed by atoms with Crippen molar-refractivity contribution in [1.29, 1.82) is 0 Å². The van der Waals surface area contributed by atoms with Crippen LogP contribution in [0.1, 0.15) is 23.2 Å². The lowest BCUT2D eigenvalue weighted by Gasteiger charge is -2.16. The normalized spacial score (nSPS) is 14.4. The monoisotopic (exact) mass is 436 g/mol. The molecule has 4 rings (SSSR count). The summed E-state index contributed by atoms with van der Waals surface area (Å²) in [6.07, 6.45) is 1.72. The van der Waals surface area contributed by atoms with E-state index in [1.165, 1.54) is 16.4 Å². The van der Waals surface area contributed by atoms with E-state index in [4.69, 9.17) is 4.74 Å². The molecule has 1 amide bonds. The Bertz CT molecular complexity index is 1200. The third-order valence-corrected chi connectivity index (χ3v) is 7.27. The maximum absolute atomic E-state index is 13.0. The molecule has 0 saturated carbocycles. The first-order valence-electron chi connectivity index (χ1n) is 10.1. The molecule has 1 aliphatic rings. The van der Waals surface area contributed by atoms with Crippen LogP contribution in [0.15, 0.2) is 77.7 Å². The fourth-order valence-corrected chi connectivity index (χ4v) is 5.33. The Hall–Kier alpha value is -3.16. The molecule has 6 nitrogen and oxygen atoms in total. The quantitative estimate of drug-likeness (QED) is 0.621. The number of carbonyl (C=O) groups is 1. The van der Waals surface area contributed by atoms with Gasteiger partial charge in [0.2, 0.25) is 10.0 Å². The number of para-hydroxylation sites is 2. The molecule has 1 N–H and O–H groups in total. The van der Waals surface area contributed by atoms with Gasteiger partial charge < -0.3 is 10.1 Å². The molecule has 1 fully saturated rings. The molecule has 31 heavy (non-hydrogen) atoms. The van der Waals surface area contributed by atoms with Crippen LogP contribution >= 0.6 is 0 Å². The third-order valence-electron chi connectivity index (χ3n) is 5.37. The topological polar surface area (TPSA) is 75.7 Å². The van der Waals surface area contributed by atoms with Gasteiger partial charge in [-0.1, -0.05) is 42.5 Å². The number of hydrogen-bond acceptors (Lipinski definition) is 4. The van der Waals surface area contributed by atoms with Gasteiger partial charge in [0.25, 0.3) is 5.91 Å². The molecular weight excluding hydrogens is 412 g/mol. The number of methoxy groups -OCH3 is 1. The van der Waals surface area contributed by atoms with Crippen LogP contribution in [-0.4, -0.2) is 38.8 Å². The van der Waals surface area contributed by atoms with Gasteiger partial charge >= 0.3 is 0 Å². The average molecular weight is 437 g/mol. The van der Waals surface area contributed by atoms with Crippen molar-refractivity contribution in [2.24, 2.45) is 0 Å². The van der Waals surface area contributed by atoms with Crippen molar-refractivity contribution in [2.75, 3.05) is 25.5 Å². The SMILES string of the molecule is COc1ccccc1-c1ccccc1NC(=O)c1cccc(S(=O)(=O)N2CCCC2)c1. The molecular formula is C24H24N2O4S. The number of ether oxygens (including phenoxy) is 1. The summed E-state index contributed by atoms with van der Waals surface area (Å²) < 4.78 is 32.7. The van der Waals surface area contributed by atoms with E-state index in [-0.39, 0.29) is 16.4 Å². The van der Waals surface area contributed by atoms with Gasteiger partial charge in [0.1, 0.15) is 5.75 Å². The Balaban J connectivity index is 1.63. The van der Waals surface area contributed by atoms with Gasteiger partial charge in [-0.2, -0.15) is 4.31 Å². The molecule has 0 aliphatic carbocycles. The second-order valence-corrected chi connectivity index (χ2v) is 9.28. The maximum Gasteiger partial charge on any atom is 0.255 e. The van der Waals surface area contributed by atoms with Crippen LogP contribution in [0.3, 0.4) is 0 Å². The van der Waals surface area contributed by atoms with Crippen molar-refractivity contribution in [1.82, 2.24) is 4.31 Å². The number of sulfonamides is 1. The van der Waals surface area contributed by atoms with Gasteiger partial charge in [0, 0.05) is 35.5 Å². The van der Waals surface area contributed by atoms with Crippen molar-refractivity contribution >= 4 is 21.6 Å². The predicted molar refractivity (Wildman–Crippen MR) is 121 cm³/mol. The lowest BCUT2D eigenvalue weighted by atomic mass is 10.0. The van der Waals surface area contributed by atoms with Gasteiger partial charge in [0.15, 0.2) is 0 Å². The van der Waals surface area contributed by atoms with Gasteiger partial charge in [-0.3, -0.25) is 4.79 Å². The van der Waals surface area contributed by atoms with Crippen LogP contribution in [0.5, 0.6) is 5.75 Å². The van der Waals surface area contributed by atoms with Crippen LogP contribution in [0, 0.1) is 0 Å². The highest BCUT2D eigenvalue weighted by atomic mass is 32.2. The zero-order valence-corrected chi connectivity index (χ0v) is 18.1. The summed E-state index contributed by atoms with van der Waals surface area (Å²) in [5.41, 5.74) is 2.57. The zero-order chi connectivity index (χ0) is 21.8. The smallest absolute Gasteiger partial charge is 0.255 e. The van der Waals surface area contributed by atoms with Crippen molar-refractivity contribution in [2.45, 2.75) is 17.7 Å². The second-order valence-electron chi connectivity index (χ2n) is 7.34. The summed E-state index contributed by atoms with van der Waals surface area (Å²) in [7, 11) is -1.99. The van der Waals surface area contributed by atoms with Crippen LogP contribution < -0.4 is 10.1 Å². The number of nitrogens with one attached hydrogen (secondary N) is 1. The highest BCUT2D eigenvalue weighted by Crippen LogP contribution is 2.35. The Labute approximate surface area is 182 Å². The number of anilines is 1. The minimum atomic E-state index is -3.59. The van der Waals surface area contributed by atoms with Gasteiger partial charge in [-0.15, -0.1) is 0 Å². The summed E-state index contributed by atoms with van der Waals surface area (Å²) >= 11 is 0. The van der Waals surface area contributed by atoms with E-state index in [0.29, 0.717) is 24.5 Å². The van der Waals surface area contributed by atoms with Gasteiger partial charge in [-0.25, -0.2) is 8.42 Å². The number of carbonyl (C=O) groups excluding carboxylic acids is 1. The van der Waals surface area contributed by atoms with Gasteiger partial charge in [0.05, 0.1) is 12.0 Å². The summed E-state index contributed by atoms with van der Waals surface area (Å²) in [5, 5.41) is 2.92. The van der Waals surface area contributed by atoms with Crippen molar-refractivity contribution in [3.8, 4) is 16.9 Å². The Kier molecular flexibility index (Phi) is 6.06. The summed E-state index contributed by atoms with van der Waals surface area (Å²) in [5.74, 6) is 0.323. The van der Waals surface area contributed by atoms with Crippen LogP contribution in [0.4, 0.5) is 5.69 Å². The molecule has 7 heteroatoms. The highest BCUT2D eigenvalue weighted by Gasteiger charge is 2.27. The largest absolute Gasteiger partial charge is 0.496 e. The Morgan fingerprint density at radius 1 is 0.903 bits per heavy atom. The third kappa shape index (κ3) is 4.33. The van der Waals surface area contributed by atoms with E-state index in [9.17, 15) is 13.2 Å². The first-order valence-corrected chi connectivity index (χ1v) is 11.6. The van der Waals surface area contributed by atoms with E-state index in [1.54, 1.807) is 19.2 Å². The molecule has 0 spiro atoms. The molecule has 1 saturated heterocycles. The number of amides is 1. The fraction of sp³-hybridized carbons (Fsp3) is 0.208. The van der Waals surface area contributed by atoms with Crippen LogP contribution in [-0.2, 0) is 10.0 Å². The van der Waals surface area contributed by atoms with Crippen molar-refractivity contribution in [3.05, 3.63) is 78.4 Å². The lowest BCUT2D eigenvalue weighted by molar-refractivity contribution is 0.102. The number of hydrogen-bond donors (Lipinski definition) is 1. The molecule has 0 radical (unpaired) electrons. The first-order chi connectivity index (χ1) is 15.0. The second kappa shape index (κ2) is 8.91. The van der Waals surface area contributed by atoms with Crippen LogP contribution in [0.2, 0.25) is 0 Å². The minimum absolute atomic E-state index is 0.139. The molecule has 160 valence electrons. The molecule has 0 unspecified atom stereocenters. The Morgan fingerprint density at radius 3 is 2.32 bits per heavy atom. The van der Waals surface area contributed by atoms with Gasteiger partial charge in [-0.05, 0) is 43.2 Å². The average Bonchev–Trinajstić information content (AvgIpc) is 3.35. The Morgan fingerprint density at radius 2 is 1.58 bits per heavy atom. The predicted octanol–water partition coefficient (Wildman–Crippen LogP) is 4.40. The van der Waals surface area contributed by atoms with Crippen LogP contribution in [0.25, 0.3) is 11.1 Å². The lowest BCUT2D eigenvalue weighted by Crippen LogP contribution is -2.28. The van der Waals surface area contributed by atoms with Crippen molar-refractivity contribution < 1.29 is 17.9 Å². The molecule has 3 aromatic carbocycles. The molecule has 3 aromatic rings. The summed E-state index contributed by atoms with van der Waals surface area (Å²) in [4.78, 5) is 13.1. The first kappa shape index (κ1) is 21.1. The molecule has 0 atom stereocenters. The molecule has 0 bridgehead atoms. The van der Waals surface area contributed by atoms with E-state index in [1.807, 2.05) is 48.5 Å². The number of benzene rings is 3. The molecule has 1 heterocycles. The van der Waals surface area contributed by atoms with E-state index in [0.717, 1.165) is 24.0 Å². The number of nitrogens with zero attached hydrogens (tertiary/aromatic N) is 1. The highest BCUT2D eigenvalue weighted by molar-refractivity contribution is 7.89. The van der Waals surface area contributed by atoms with E-state index in [2.05, 4.69) is 5.32 Å². The maximum atomic E-state index is 13.0.